The van der Waals surface area contributed by atoms with Crippen LogP contribution in [0.3, 0.4) is 0 Å². The number of halogens is 4. The number of benzene rings is 1. The number of alkyl halides is 3. The van der Waals surface area contributed by atoms with Crippen molar-refractivity contribution in [1.29, 1.82) is 0 Å². The Morgan fingerprint density at radius 3 is 2.13 bits per heavy atom. The largest absolute Gasteiger partial charge is 0.476 e. The molecule has 0 saturated carbocycles. The first-order valence-corrected chi connectivity index (χ1v) is 12.5. The van der Waals surface area contributed by atoms with Crippen LogP contribution in [0.2, 0.25) is 0 Å². The van der Waals surface area contributed by atoms with E-state index < -0.39 is 22.8 Å². The zero-order chi connectivity index (χ0) is 26.8. The van der Waals surface area contributed by atoms with Gasteiger partial charge in [-0.25, -0.2) is 4.98 Å². The maximum atomic E-state index is 14.0. The minimum absolute atomic E-state index is 0. The summed E-state index contributed by atoms with van der Waals surface area (Å²) in [5, 5.41) is 0. The van der Waals surface area contributed by atoms with Crippen molar-refractivity contribution in [3.63, 3.8) is 0 Å². The summed E-state index contributed by atoms with van der Waals surface area (Å²) >= 11 is 0. The molecule has 4 rings (SSSR count). The van der Waals surface area contributed by atoms with Gasteiger partial charge >= 0.3 is 6.18 Å². The summed E-state index contributed by atoms with van der Waals surface area (Å²) in [4.78, 5) is 37.0. The number of ether oxygens (including phenoxy) is 1. The monoisotopic (exact) mass is 554 g/mol. The Morgan fingerprint density at radius 1 is 0.921 bits per heavy atom. The Balaban J connectivity index is 0.00000400. The van der Waals surface area contributed by atoms with Crippen LogP contribution in [0.4, 0.5) is 19.0 Å². The quantitative estimate of drug-likeness (QED) is 0.550. The molecule has 208 valence electrons. The third-order valence-corrected chi connectivity index (χ3v) is 6.81. The topological polar surface area (TPSA) is 66.0 Å². The number of carbonyl (C=O) groups is 2. The summed E-state index contributed by atoms with van der Waals surface area (Å²) in [6.45, 7) is 8.07. The van der Waals surface area contributed by atoms with E-state index >= 15 is 0 Å². The van der Waals surface area contributed by atoms with Gasteiger partial charge in [0.2, 0.25) is 11.5 Å². The molecule has 2 aromatic rings. The molecule has 0 spiro atoms. The van der Waals surface area contributed by atoms with Gasteiger partial charge in [-0.2, -0.15) is 13.2 Å². The number of piperidine rings is 1. The summed E-state index contributed by atoms with van der Waals surface area (Å²) < 4.78 is 45.5. The van der Waals surface area contributed by atoms with E-state index in [0.717, 1.165) is 18.0 Å². The Kier molecular flexibility index (Phi) is 8.86. The zero-order valence-corrected chi connectivity index (χ0v) is 22.6. The van der Waals surface area contributed by atoms with Crippen LogP contribution in [0, 0.1) is 5.41 Å². The van der Waals surface area contributed by atoms with Gasteiger partial charge in [0.25, 0.3) is 5.91 Å². The van der Waals surface area contributed by atoms with Gasteiger partial charge in [-0.05, 0) is 49.2 Å². The first-order valence-electron chi connectivity index (χ1n) is 12.5. The van der Waals surface area contributed by atoms with Crippen molar-refractivity contribution in [3.05, 3.63) is 54.2 Å². The molecule has 1 unspecified atom stereocenters. The highest BCUT2D eigenvalue weighted by atomic mass is 35.5. The normalized spacial score (nSPS) is 20.5. The first-order chi connectivity index (χ1) is 17.4. The fourth-order valence-corrected chi connectivity index (χ4v) is 4.88. The highest BCUT2D eigenvalue weighted by Crippen LogP contribution is 2.35. The predicted octanol–water partition coefficient (Wildman–Crippen LogP) is 4.66. The maximum Gasteiger partial charge on any atom is 0.416 e. The van der Waals surface area contributed by atoms with E-state index in [1.165, 1.54) is 12.1 Å². The molecule has 2 saturated heterocycles. The molecule has 0 bridgehead atoms. The van der Waals surface area contributed by atoms with Crippen LogP contribution >= 0.6 is 12.4 Å². The fourth-order valence-electron chi connectivity index (χ4n) is 4.88. The highest BCUT2D eigenvalue weighted by molar-refractivity contribution is 5.88. The number of pyridine rings is 1. The summed E-state index contributed by atoms with van der Waals surface area (Å²) in [5.74, 6) is 0.656. The number of rotatable bonds is 4. The van der Waals surface area contributed by atoms with E-state index in [9.17, 15) is 22.8 Å². The van der Waals surface area contributed by atoms with Gasteiger partial charge in [0.05, 0.1) is 12.1 Å². The van der Waals surface area contributed by atoms with Crippen molar-refractivity contribution in [1.82, 2.24) is 14.8 Å². The minimum atomic E-state index is -4.47. The molecule has 2 aliphatic heterocycles. The number of piperazine rings is 1. The molecule has 38 heavy (non-hydrogen) atoms. The summed E-state index contributed by atoms with van der Waals surface area (Å²) in [6, 6.07) is 10.0. The lowest BCUT2D eigenvalue weighted by Gasteiger charge is -2.46. The molecular weight excluding hydrogens is 521 g/mol. The Morgan fingerprint density at radius 2 is 1.58 bits per heavy atom. The van der Waals surface area contributed by atoms with Crippen molar-refractivity contribution in [2.45, 2.75) is 45.4 Å². The molecule has 3 heterocycles. The van der Waals surface area contributed by atoms with Gasteiger partial charge in [0.1, 0.15) is 11.6 Å². The van der Waals surface area contributed by atoms with Crippen molar-refractivity contribution >= 4 is 30.0 Å². The number of anilines is 1. The summed E-state index contributed by atoms with van der Waals surface area (Å²) in [6.07, 6.45) is -1.84. The van der Waals surface area contributed by atoms with Crippen molar-refractivity contribution < 1.29 is 27.5 Å². The smallest absolute Gasteiger partial charge is 0.416 e. The molecule has 2 aliphatic rings. The fraction of sp³-hybridized carbons (Fsp3) is 0.519. The summed E-state index contributed by atoms with van der Waals surface area (Å²) in [5.41, 5.74) is -2.82. The van der Waals surface area contributed by atoms with E-state index in [0.29, 0.717) is 45.6 Å². The molecule has 0 radical (unpaired) electrons. The number of aromatic nitrogens is 1. The second-order valence-electron chi connectivity index (χ2n) is 10.7. The Hall–Kier alpha value is -3.01. The minimum Gasteiger partial charge on any atom is -0.476 e. The number of hydrogen-bond donors (Lipinski definition) is 0. The van der Waals surface area contributed by atoms with Crippen molar-refractivity contribution in [2.75, 3.05) is 44.2 Å². The molecule has 1 atom stereocenters. The molecular formula is C27H34ClF3N4O3. The molecule has 0 aliphatic carbocycles. The first kappa shape index (κ1) is 29.5. The third-order valence-electron chi connectivity index (χ3n) is 6.81. The van der Waals surface area contributed by atoms with Gasteiger partial charge in [0.15, 0.2) is 0 Å². The number of likely N-dealkylation sites (tertiary alicyclic amines) is 1. The number of carbonyl (C=O) groups excluding carboxylic acids is 2. The maximum absolute atomic E-state index is 14.0. The lowest BCUT2D eigenvalue weighted by Crippen LogP contribution is -2.65. The van der Waals surface area contributed by atoms with Gasteiger partial charge in [0, 0.05) is 44.3 Å². The lowest BCUT2D eigenvalue weighted by molar-refractivity contribution is -0.159. The highest BCUT2D eigenvalue weighted by Gasteiger charge is 2.49. The van der Waals surface area contributed by atoms with Crippen LogP contribution < -0.4 is 9.64 Å². The van der Waals surface area contributed by atoms with Crippen LogP contribution in [0.5, 0.6) is 5.75 Å². The van der Waals surface area contributed by atoms with E-state index in [1.807, 2.05) is 39.0 Å². The van der Waals surface area contributed by atoms with E-state index in [2.05, 4.69) is 9.88 Å². The van der Waals surface area contributed by atoms with E-state index in [4.69, 9.17) is 4.74 Å². The SMILES string of the molecule is CC(C)(C)C(=O)N1CCCC(Oc2ccc(C(F)(F)F)cc2)(C(=O)N2CCN(c3ccccn3)CC2)C1.Cl. The predicted molar refractivity (Wildman–Crippen MR) is 140 cm³/mol. The number of nitrogens with zero attached hydrogens (tertiary/aromatic N) is 4. The lowest BCUT2D eigenvalue weighted by atomic mass is 9.87. The van der Waals surface area contributed by atoms with Gasteiger partial charge in [-0.3, -0.25) is 9.59 Å². The second kappa shape index (κ2) is 11.4. The molecule has 2 amide bonds. The van der Waals surface area contributed by atoms with E-state index in [1.54, 1.807) is 16.0 Å². The summed E-state index contributed by atoms with van der Waals surface area (Å²) in [7, 11) is 0. The molecule has 11 heteroatoms. The van der Waals surface area contributed by atoms with Crippen LogP contribution in [-0.2, 0) is 15.8 Å². The van der Waals surface area contributed by atoms with Crippen LogP contribution in [0.15, 0.2) is 48.7 Å². The molecule has 1 aromatic carbocycles. The Labute approximate surface area is 227 Å². The number of hydrogen-bond acceptors (Lipinski definition) is 5. The molecule has 1 aromatic heterocycles. The average Bonchev–Trinajstić information content (AvgIpc) is 2.88. The molecule has 7 nitrogen and oxygen atoms in total. The molecule has 2 fully saturated rings. The Bertz CT molecular complexity index is 1100. The number of amides is 2. The molecule has 0 N–H and O–H groups in total. The van der Waals surface area contributed by atoms with Crippen molar-refractivity contribution in [2.24, 2.45) is 5.41 Å². The van der Waals surface area contributed by atoms with Gasteiger partial charge in [-0.15, -0.1) is 12.4 Å². The third kappa shape index (κ3) is 6.51. The van der Waals surface area contributed by atoms with Crippen LogP contribution in [0.25, 0.3) is 0 Å². The average molecular weight is 555 g/mol. The van der Waals surface area contributed by atoms with Crippen molar-refractivity contribution in [3.8, 4) is 5.75 Å². The second-order valence-corrected chi connectivity index (χ2v) is 10.7. The van der Waals surface area contributed by atoms with E-state index in [-0.39, 0.29) is 36.5 Å². The van der Waals surface area contributed by atoms with Crippen LogP contribution in [0.1, 0.15) is 39.2 Å². The van der Waals surface area contributed by atoms with Gasteiger partial charge in [-0.1, -0.05) is 26.8 Å². The van der Waals surface area contributed by atoms with Crippen LogP contribution in [-0.4, -0.2) is 71.5 Å². The zero-order valence-electron chi connectivity index (χ0n) is 21.8. The standard InChI is InChI=1S/C27H33F3N4O3.ClH/c1-25(2,3)23(35)34-14-6-12-26(19-34,37-21-10-8-20(9-11-21)27(28,29)30)24(36)33-17-15-32(16-18-33)22-7-4-5-13-31-22;/h4-5,7-11,13H,6,12,14-19H2,1-3H3;1H. The van der Waals surface area contributed by atoms with Gasteiger partial charge < -0.3 is 19.4 Å².